The Morgan fingerprint density at radius 3 is 2.53 bits per heavy atom. The zero-order valence-electron chi connectivity index (χ0n) is 20.5. The molecule has 180 valence electrons. The first kappa shape index (κ1) is 22.9. The van der Waals surface area contributed by atoms with Crippen LogP contribution >= 0.6 is 0 Å². The van der Waals surface area contributed by atoms with Crippen LogP contribution in [0.5, 0.6) is 5.75 Å². The molecule has 5 heterocycles. The Bertz CT molecular complexity index is 1310. The second kappa shape index (κ2) is 9.39. The fourth-order valence-corrected chi connectivity index (χ4v) is 5.19. The molecule has 0 amide bonds. The number of hydrogen-bond acceptors (Lipinski definition) is 4. The first-order valence-corrected chi connectivity index (χ1v) is 12.1. The van der Waals surface area contributed by atoms with Crippen LogP contribution in [0.2, 0.25) is 0 Å². The molecule has 2 N–H and O–H groups in total. The summed E-state index contributed by atoms with van der Waals surface area (Å²) in [7, 11) is 6.06. The van der Waals surface area contributed by atoms with Crippen LogP contribution in [-0.4, -0.2) is 71.6 Å². The van der Waals surface area contributed by atoms with E-state index in [0.717, 1.165) is 56.5 Å². The molecule has 0 saturated heterocycles. The molecule has 4 aromatic rings. The number of pyridine rings is 1. The summed E-state index contributed by atoms with van der Waals surface area (Å²) in [5.74, 6) is 0.524. The van der Waals surface area contributed by atoms with E-state index in [9.17, 15) is 4.39 Å². The summed E-state index contributed by atoms with van der Waals surface area (Å²) in [4.78, 5) is 15.4. The van der Waals surface area contributed by atoms with Gasteiger partial charge in [0.05, 0.1) is 7.11 Å². The lowest BCUT2D eigenvalue weighted by atomic mass is 10.0. The Morgan fingerprint density at radius 1 is 0.941 bits per heavy atom. The quantitative estimate of drug-likeness (QED) is 0.413. The van der Waals surface area contributed by atoms with Gasteiger partial charge in [0, 0.05) is 66.2 Å². The van der Waals surface area contributed by atoms with Gasteiger partial charge in [-0.3, -0.25) is 0 Å². The molecule has 0 saturated carbocycles. The van der Waals surface area contributed by atoms with Gasteiger partial charge in [-0.1, -0.05) is 0 Å². The number of likely N-dealkylation sites (N-methyl/N-ethyl adjacent to an activating group) is 2. The number of H-pyrrole nitrogens is 2. The first-order chi connectivity index (χ1) is 16.4. The second-order valence-corrected chi connectivity index (χ2v) is 9.69. The van der Waals surface area contributed by atoms with Crippen molar-refractivity contribution in [3.05, 3.63) is 58.8 Å². The molecule has 0 unspecified atom stereocenters. The lowest BCUT2D eigenvalue weighted by molar-refractivity contribution is 0.267. The Balaban J connectivity index is 0.000000142. The van der Waals surface area contributed by atoms with E-state index in [0.29, 0.717) is 11.7 Å². The number of nitrogens with zero attached hydrogens (tertiary/aromatic N) is 3. The van der Waals surface area contributed by atoms with E-state index in [1.165, 1.54) is 39.5 Å². The van der Waals surface area contributed by atoms with Crippen molar-refractivity contribution in [2.75, 3.05) is 40.8 Å². The average molecular weight is 464 g/mol. The predicted octanol–water partition coefficient (Wildman–Crippen LogP) is 4.33. The molecule has 0 radical (unpaired) electrons. The highest BCUT2D eigenvalue weighted by atomic mass is 19.1. The molecular formula is C27H34FN5O. The first-order valence-electron chi connectivity index (χ1n) is 12.1. The molecule has 7 heteroatoms. The number of fused-ring (bicyclic) bond motifs is 6. The number of aromatic nitrogens is 3. The maximum Gasteiger partial charge on any atom is 0.214 e. The van der Waals surface area contributed by atoms with Crippen LogP contribution in [0.15, 0.2) is 30.3 Å². The molecule has 2 aliphatic heterocycles. The topological polar surface area (TPSA) is 60.2 Å². The Morgan fingerprint density at radius 2 is 1.71 bits per heavy atom. The summed E-state index contributed by atoms with van der Waals surface area (Å²) in [6.07, 6.45) is 4.22. The average Bonchev–Trinajstić information content (AvgIpc) is 3.24. The van der Waals surface area contributed by atoms with Crippen molar-refractivity contribution in [2.45, 2.75) is 38.6 Å². The normalized spacial score (nSPS) is 19.1. The molecular weight excluding hydrogens is 429 g/mol. The van der Waals surface area contributed by atoms with Crippen LogP contribution in [0.4, 0.5) is 4.39 Å². The van der Waals surface area contributed by atoms with E-state index in [2.05, 4.69) is 57.9 Å². The minimum atomic E-state index is -0.416. The van der Waals surface area contributed by atoms with Crippen LogP contribution in [-0.2, 0) is 25.7 Å². The summed E-state index contributed by atoms with van der Waals surface area (Å²) in [6.45, 7) is 5.52. The van der Waals surface area contributed by atoms with E-state index in [1.54, 1.807) is 7.11 Å². The lowest BCUT2D eigenvalue weighted by Crippen LogP contribution is -2.30. The van der Waals surface area contributed by atoms with Gasteiger partial charge < -0.3 is 24.5 Å². The molecule has 0 spiro atoms. The monoisotopic (exact) mass is 463 g/mol. The number of benzene rings is 1. The number of rotatable bonds is 1. The van der Waals surface area contributed by atoms with Gasteiger partial charge in [0.1, 0.15) is 11.4 Å². The lowest BCUT2D eigenvalue weighted by Gasteiger charge is -2.21. The minimum Gasteiger partial charge on any atom is -0.497 e. The van der Waals surface area contributed by atoms with Crippen molar-refractivity contribution < 1.29 is 9.13 Å². The summed E-state index contributed by atoms with van der Waals surface area (Å²) >= 11 is 0. The van der Waals surface area contributed by atoms with Crippen molar-refractivity contribution >= 4 is 21.9 Å². The molecule has 3 aromatic heterocycles. The summed E-state index contributed by atoms with van der Waals surface area (Å²) < 4.78 is 18.3. The van der Waals surface area contributed by atoms with E-state index in [4.69, 9.17) is 4.74 Å². The molecule has 0 bridgehead atoms. The van der Waals surface area contributed by atoms with E-state index in [-0.39, 0.29) is 0 Å². The Labute approximate surface area is 200 Å². The van der Waals surface area contributed by atoms with E-state index < -0.39 is 5.95 Å². The van der Waals surface area contributed by atoms with Crippen LogP contribution in [0.1, 0.15) is 29.4 Å². The number of methoxy groups -OCH3 is 1. The van der Waals surface area contributed by atoms with Gasteiger partial charge in [0.2, 0.25) is 5.95 Å². The van der Waals surface area contributed by atoms with E-state index >= 15 is 0 Å². The third-order valence-corrected chi connectivity index (χ3v) is 7.48. The largest absolute Gasteiger partial charge is 0.497 e. The molecule has 1 aromatic carbocycles. The maximum absolute atomic E-state index is 13.0. The highest BCUT2D eigenvalue weighted by Crippen LogP contribution is 2.30. The number of halogens is 1. The third-order valence-electron chi connectivity index (χ3n) is 7.48. The minimum absolute atomic E-state index is 0.416. The number of hydrogen-bond donors (Lipinski definition) is 2. The summed E-state index contributed by atoms with van der Waals surface area (Å²) in [5, 5.41) is 2.40. The third kappa shape index (κ3) is 4.42. The fraction of sp³-hybridized carbons (Fsp3) is 0.444. The standard InChI is InChI=1S/C15H20N2O.C12H14FN3/c1-10-8-12-13-9-11(18-3)4-5-14(13)16-15(12)6-7-17(10)2;1-16-6-4-8-9-2-3-11(13)15-12(9)14-10(8)5-7-16/h4-5,9-10,16H,6-8H2,1-3H3;2-3H,4-7H2,1H3,(H,14,15)/t10-;/m0./s1. The van der Waals surface area contributed by atoms with Gasteiger partial charge in [-0.2, -0.15) is 4.39 Å². The summed E-state index contributed by atoms with van der Waals surface area (Å²) in [6, 6.07) is 10.2. The second-order valence-electron chi connectivity index (χ2n) is 9.69. The fourth-order valence-electron chi connectivity index (χ4n) is 5.19. The number of aromatic amines is 2. The molecule has 0 fully saturated rings. The van der Waals surface area contributed by atoms with Gasteiger partial charge in [-0.05, 0) is 75.3 Å². The number of nitrogens with one attached hydrogen (secondary N) is 2. The Kier molecular flexibility index (Phi) is 6.32. The molecule has 2 aliphatic rings. The van der Waals surface area contributed by atoms with Crippen LogP contribution in [0.25, 0.3) is 21.9 Å². The summed E-state index contributed by atoms with van der Waals surface area (Å²) in [5.41, 5.74) is 7.33. The van der Waals surface area contributed by atoms with Crippen LogP contribution < -0.4 is 4.74 Å². The Hall–Kier alpha value is -2.90. The SMILES string of the molecule is CN1CCc2[nH]c3nc(F)ccc3c2CC1.COc1ccc2[nH]c3c(c2c1)C[C@H](C)N(C)CC3. The van der Waals surface area contributed by atoms with Crippen molar-refractivity contribution in [3.8, 4) is 5.75 Å². The van der Waals surface area contributed by atoms with Crippen molar-refractivity contribution in [3.63, 3.8) is 0 Å². The molecule has 6 nitrogen and oxygen atoms in total. The predicted molar refractivity (Wildman–Crippen MR) is 135 cm³/mol. The van der Waals surface area contributed by atoms with Gasteiger partial charge in [0.15, 0.2) is 0 Å². The van der Waals surface area contributed by atoms with Crippen LogP contribution in [0, 0.1) is 5.95 Å². The van der Waals surface area contributed by atoms with Gasteiger partial charge in [-0.15, -0.1) is 0 Å². The number of ether oxygens (including phenoxy) is 1. The zero-order chi connectivity index (χ0) is 23.8. The molecule has 34 heavy (non-hydrogen) atoms. The van der Waals surface area contributed by atoms with Crippen molar-refractivity contribution in [1.82, 2.24) is 24.8 Å². The highest BCUT2D eigenvalue weighted by Gasteiger charge is 2.21. The molecule has 0 aliphatic carbocycles. The van der Waals surface area contributed by atoms with Gasteiger partial charge >= 0.3 is 0 Å². The molecule has 1 atom stereocenters. The van der Waals surface area contributed by atoms with E-state index in [1.807, 2.05) is 12.1 Å². The van der Waals surface area contributed by atoms with Crippen LogP contribution in [0.3, 0.4) is 0 Å². The molecule has 6 rings (SSSR count). The smallest absolute Gasteiger partial charge is 0.214 e. The maximum atomic E-state index is 13.0. The van der Waals surface area contributed by atoms with Crippen molar-refractivity contribution in [2.24, 2.45) is 0 Å². The zero-order valence-corrected chi connectivity index (χ0v) is 20.5. The van der Waals surface area contributed by atoms with Crippen molar-refractivity contribution in [1.29, 1.82) is 0 Å². The van der Waals surface area contributed by atoms with Gasteiger partial charge in [0.25, 0.3) is 0 Å². The van der Waals surface area contributed by atoms with Gasteiger partial charge in [-0.25, -0.2) is 4.98 Å². The highest BCUT2D eigenvalue weighted by molar-refractivity contribution is 5.86.